The van der Waals surface area contributed by atoms with Gasteiger partial charge in [0.1, 0.15) is 0 Å². The van der Waals surface area contributed by atoms with E-state index in [1.54, 1.807) is 24.3 Å². The van der Waals surface area contributed by atoms with Gasteiger partial charge in [0.15, 0.2) is 0 Å². The van der Waals surface area contributed by atoms with E-state index >= 15 is 0 Å². The third-order valence-electron chi connectivity index (χ3n) is 2.77. The van der Waals surface area contributed by atoms with Gasteiger partial charge in [-0.1, -0.05) is 31.5 Å². The summed E-state index contributed by atoms with van der Waals surface area (Å²) in [5.41, 5.74) is 0.456. The Kier molecular flexibility index (Phi) is 6.64. The van der Waals surface area contributed by atoms with Crippen molar-refractivity contribution in [2.24, 2.45) is 5.92 Å². The summed E-state index contributed by atoms with van der Waals surface area (Å²) in [6, 6.07) is 6.61. The number of rotatable bonds is 7. The smallest absolute Gasteiger partial charge is 0.251 e. The summed E-state index contributed by atoms with van der Waals surface area (Å²) in [6.45, 7) is 4.84. The number of nitrogens with one attached hydrogen (secondary N) is 1. The van der Waals surface area contributed by atoms with Crippen molar-refractivity contribution >= 4 is 27.5 Å². The van der Waals surface area contributed by atoms with Gasteiger partial charge in [0.2, 0.25) is 10.0 Å². The quantitative estimate of drug-likeness (QED) is 0.830. The van der Waals surface area contributed by atoms with Gasteiger partial charge in [-0.25, -0.2) is 12.7 Å². The molecule has 0 radical (unpaired) electrons. The van der Waals surface area contributed by atoms with Crippen molar-refractivity contribution in [1.82, 2.24) is 9.62 Å². The Labute approximate surface area is 131 Å². The number of amides is 1. The fourth-order valence-corrected chi connectivity index (χ4v) is 3.01. The van der Waals surface area contributed by atoms with Crippen LogP contribution in [-0.4, -0.2) is 44.5 Å². The summed E-state index contributed by atoms with van der Waals surface area (Å²) >= 11 is 5.82. The number of carbonyl (C=O) groups excluding carboxylic acids is 1. The van der Waals surface area contributed by atoms with Crippen LogP contribution in [0, 0.1) is 5.92 Å². The fourth-order valence-electron chi connectivity index (χ4n) is 1.83. The second-order valence-electron chi connectivity index (χ2n) is 5.28. The van der Waals surface area contributed by atoms with Gasteiger partial charge in [0, 0.05) is 30.2 Å². The number of carbonyl (C=O) groups is 1. The van der Waals surface area contributed by atoms with Gasteiger partial charge in [-0.15, -0.1) is 0 Å². The van der Waals surface area contributed by atoms with E-state index in [4.69, 9.17) is 11.6 Å². The highest BCUT2D eigenvalue weighted by molar-refractivity contribution is 7.88. The highest BCUT2D eigenvalue weighted by Crippen LogP contribution is 2.10. The van der Waals surface area contributed by atoms with E-state index < -0.39 is 10.0 Å². The number of sulfonamides is 1. The molecule has 7 heteroatoms. The molecule has 1 N–H and O–H groups in total. The molecule has 0 atom stereocenters. The molecule has 0 saturated heterocycles. The zero-order valence-corrected chi connectivity index (χ0v) is 14.0. The zero-order valence-electron chi connectivity index (χ0n) is 12.5. The Morgan fingerprint density at radius 3 is 2.57 bits per heavy atom. The molecule has 1 aromatic rings. The molecular weight excluding hydrogens is 312 g/mol. The second-order valence-corrected chi connectivity index (χ2v) is 7.70. The van der Waals surface area contributed by atoms with Gasteiger partial charge < -0.3 is 5.32 Å². The van der Waals surface area contributed by atoms with Gasteiger partial charge in [0.05, 0.1) is 6.26 Å². The predicted octanol–water partition coefficient (Wildman–Crippen LogP) is 1.99. The van der Waals surface area contributed by atoms with Crippen LogP contribution >= 0.6 is 11.6 Å². The van der Waals surface area contributed by atoms with Crippen molar-refractivity contribution in [2.45, 2.75) is 13.8 Å². The Balaban J connectivity index is 2.56. The van der Waals surface area contributed by atoms with Crippen LogP contribution in [0.3, 0.4) is 0 Å². The average Bonchev–Trinajstić information content (AvgIpc) is 2.35. The van der Waals surface area contributed by atoms with Crippen LogP contribution in [0.5, 0.6) is 0 Å². The first-order valence-corrected chi connectivity index (χ1v) is 8.91. The summed E-state index contributed by atoms with van der Waals surface area (Å²) in [5, 5.41) is 3.18. The number of benzene rings is 1. The molecule has 1 aromatic carbocycles. The van der Waals surface area contributed by atoms with Gasteiger partial charge in [-0.3, -0.25) is 4.79 Å². The fraction of sp³-hybridized carbons (Fsp3) is 0.500. The summed E-state index contributed by atoms with van der Waals surface area (Å²) < 4.78 is 24.7. The Hall–Kier alpha value is -1.11. The standard InChI is InChI=1S/C14H21ClN2O3S/c1-11(2)10-17(21(3,19)20)8-7-16-14(18)12-5-4-6-13(15)9-12/h4-6,9,11H,7-8,10H2,1-3H3,(H,16,18). The maximum absolute atomic E-state index is 11.9. The summed E-state index contributed by atoms with van der Waals surface area (Å²) in [4.78, 5) is 11.9. The Morgan fingerprint density at radius 2 is 2.05 bits per heavy atom. The third-order valence-corrected chi connectivity index (χ3v) is 4.28. The van der Waals surface area contributed by atoms with E-state index in [1.807, 2.05) is 13.8 Å². The van der Waals surface area contributed by atoms with Gasteiger partial charge in [0.25, 0.3) is 5.91 Å². The van der Waals surface area contributed by atoms with Gasteiger partial charge in [-0.2, -0.15) is 0 Å². The molecule has 0 aliphatic carbocycles. The van der Waals surface area contributed by atoms with Crippen molar-refractivity contribution in [3.8, 4) is 0 Å². The first-order chi connectivity index (χ1) is 9.70. The highest BCUT2D eigenvalue weighted by Gasteiger charge is 2.17. The number of hydrogen-bond donors (Lipinski definition) is 1. The van der Waals surface area contributed by atoms with Crippen LogP contribution in [0.2, 0.25) is 5.02 Å². The van der Waals surface area contributed by atoms with Crippen molar-refractivity contribution < 1.29 is 13.2 Å². The minimum Gasteiger partial charge on any atom is -0.351 e. The molecule has 0 aromatic heterocycles. The lowest BCUT2D eigenvalue weighted by Crippen LogP contribution is -2.39. The Bertz CT molecular complexity index is 588. The van der Waals surface area contributed by atoms with Crippen molar-refractivity contribution in [2.75, 3.05) is 25.9 Å². The lowest BCUT2D eigenvalue weighted by atomic mass is 10.2. The number of nitrogens with zero attached hydrogens (tertiary/aromatic N) is 1. The number of hydrogen-bond acceptors (Lipinski definition) is 3. The molecule has 118 valence electrons. The van der Waals surface area contributed by atoms with Crippen LogP contribution in [0.1, 0.15) is 24.2 Å². The SMILES string of the molecule is CC(C)CN(CCNC(=O)c1cccc(Cl)c1)S(C)(=O)=O. The summed E-state index contributed by atoms with van der Waals surface area (Å²) in [7, 11) is -3.27. The van der Waals surface area contributed by atoms with E-state index in [0.717, 1.165) is 0 Å². The first kappa shape index (κ1) is 17.9. The second kappa shape index (κ2) is 7.77. The minimum atomic E-state index is -3.27. The monoisotopic (exact) mass is 332 g/mol. The molecule has 21 heavy (non-hydrogen) atoms. The predicted molar refractivity (Wildman–Crippen MR) is 85.0 cm³/mol. The van der Waals surface area contributed by atoms with Crippen LogP contribution in [0.15, 0.2) is 24.3 Å². The van der Waals surface area contributed by atoms with E-state index in [9.17, 15) is 13.2 Å². The van der Waals surface area contributed by atoms with Gasteiger partial charge in [-0.05, 0) is 24.1 Å². The lowest BCUT2D eigenvalue weighted by Gasteiger charge is -2.22. The molecular formula is C14H21ClN2O3S. The van der Waals surface area contributed by atoms with Gasteiger partial charge >= 0.3 is 0 Å². The molecule has 0 fully saturated rings. The lowest BCUT2D eigenvalue weighted by molar-refractivity contribution is 0.0951. The largest absolute Gasteiger partial charge is 0.351 e. The zero-order chi connectivity index (χ0) is 16.0. The third kappa shape index (κ3) is 6.46. The van der Waals surface area contributed by atoms with Crippen molar-refractivity contribution in [3.05, 3.63) is 34.9 Å². The Morgan fingerprint density at radius 1 is 1.38 bits per heavy atom. The normalized spacial score (nSPS) is 11.9. The first-order valence-electron chi connectivity index (χ1n) is 6.69. The minimum absolute atomic E-state index is 0.225. The van der Waals surface area contributed by atoms with Crippen LogP contribution in [0.4, 0.5) is 0 Å². The summed E-state index contributed by atoms with van der Waals surface area (Å²) in [5.74, 6) is -0.0427. The molecule has 1 amide bonds. The average molecular weight is 333 g/mol. The van der Waals surface area contributed by atoms with E-state index in [0.29, 0.717) is 17.1 Å². The molecule has 0 saturated carbocycles. The molecule has 0 aliphatic rings. The van der Waals surface area contributed by atoms with E-state index in [2.05, 4.69) is 5.32 Å². The molecule has 0 heterocycles. The van der Waals surface area contributed by atoms with Crippen molar-refractivity contribution in [1.29, 1.82) is 0 Å². The topological polar surface area (TPSA) is 66.5 Å². The maximum Gasteiger partial charge on any atom is 0.251 e. The molecule has 0 spiro atoms. The molecule has 0 bridgehead atoms. The molecule has 0 unspecified atom stereocenters. The maximum atomic E-state index is 11.9. The highest BCUT2D eigenvalue weighted by atomic mass is 35.5. The van der Waals surface area contributed by atoms with Crippen LogP contribution in [0.25, 0.3) is 0 Å². The molecule has 5 nitrogen and oxygen atoms in total. The molecule has 1 rings (SSSR count). The van der Waals surface area contributed by atoms with Crippen molar-refractivity contribution in [3.63, 3.8) is 0 Å². The van der Waals surface area contributed by atoms with Crippen LogP contribution < -0.4 is 5.32 Å². The van der Waals surface area contributed by atoms with E-state index in [-0.39, 0.29) is 24.9 Å². The number of halogens is 1. The summed E-state index contributed by atoms with van der Waals surface area (Å²) in [6.07, 6.45) is 1.17. The van der Waals surface area contributed by atoms with Crippen LogP contribution in [-0.2, 0) is 10.0 Å². The van der Waals surface area contributed by atoms with E-state index in [1.165, 1.54) is 10.6 Å². The molecule has 0 aliphatic heterocycles.